The standard InChI is InChI=1S/C21H22N2/c1-5-16-6-8-17(9-7-16)20-21-19(13(2)12-22-20)14(3)15(4)23(21)18-10-11-18/h5-9,12,18H,1,10-11H2,2-4H3. The van der Waals surface area contributed by atoms with Crippen molar-refractivity contribution in [3.05, 3.63) is 59.4 Å². The van der Waals surface area contributed by atoms with E-state index < -0.39 is 0 Å². The van der Waals surface area contributed by atoms with E-state index >= 15 is 0 Å². The molecule has 3 aromatic rings. The van der Waals surface area contributed by atoms with E-state index in [9.17, 15) is 0 Å². The second-order valence-electron chi connectivity index (χ2n) is 6.65. The maximum Gasteiger partial charge on any atom is 0.0945 e. The number of benzene rings is 1. The second kappa shape index (κ2) is 5.09. The van der Waals surface area contributed by atoms with E-state index in [2.05, 4.69) is 56.2 Å². The van der Waals surface area contributed by atoms with E-state index in [4.69, 9.17) is 4.98 Å². The maximum atomic E-state index is 4.81. The minimum atomic E-state index is 0.654. The molecule has 0 atom stereocenters. The number of fused-ring (bicyclic) bond motifs is 1. The molecule has 4 rings (SSSR count). The molecule has 0 aliphatic heterocycles. The first-order valence-corrected chi connectivity index (χ1v) is 8.31. The van der Waals surface area contributed by atoms with E-state index in [1.54, 1.807) is 0 Å². The summed E-state index contributed by atoms with van der Waals surface area (Å²) in [6, 6.07) is 9.19. The molecule has 2 nitrogen and oxygen atoms in total. The summed E-state index contributed by atoms with van der Waals surface area (Å²) in [7, 11) is 0. The van der Waals surface area contributed by atoms with Crippen molar-refractivity contribution in [1.82, 2.24) is 9.55 Å². The van der Waals surface area contributed by atoms with Gasteiger partial charge in [0.15, 0.2) is 0 Å². The Labute approximate surface area is 137 Å². The molecule has 1 saturated carbocycles. The number of aryl methyl sites for hydroxylation is 2. The van der Waals surface area contributed by atoms with E-state index in [-0.39, 0.29) is 0 Å². The fourth-order valence-electron chi connectivity index (χ4n) is 3.61. The average Bonchev–Trinajstić information content (AvgIpc) is 3.36. The Morgan fingerprint density at radius 2 is 1.83 bits per heavy atom. The van der Waals surface area contributed by atoms with Gasteiger partial charge in [-0.05, 0) is 50.3 Å². The molecule has 0 N–H and O–H groups in total. The highest BCUT2D eigenvalue weighted by Gasteiger charge is 2.29. The van der Waals surface area contributed by atoms with Crippen LogP contribution in [0.15, 0.2) is 37.0 Å². The second-order valence-corrected chi connectivity index (χ2v) is 6.65. The first-order chi connectivity index (χ1) is 11.1. The van der Waals surface area contributed by atoms with Crippen LogP contribution in [0.25, 0.3) is 28.2 Å². The van der Waals surface area contributed by atoms with Crippen LogP contribution in [0.3, 0.4) is 0 Å². The summed E-state index contributed by atoms with van der Waals surface area (Å²) < 4.78 is 2.53. The highest BCUT2D eigenvalue weighted by Crippen LogP contribution is 2.44. The predicted molar refractivity (Wildman–Crippen MR) is 97.7 cm³/mol. The number of pyridine rings is 1. The fourth-order valence-corrected chi connectivity index (χ4v) is 3.61. The van der Waals surface area contributed by atoms with Gasteiger partial charge in [0.2, 0.25) is 0 Å². The Morgan fingerprint density at radius 1 is 1.13 bits per heavy atom. The Balaban J connectivity index is 2.04. The Bertz CT molecular complexity index is 909. The summed E-state index contributed by atoms with van der Waals surface area (Å²) in [6.07, 6.45) is 6.46. The van der Waals surface area contributed by atoms with Crippen LogP contribution in [0.1, 0.15) is 41.3 Å². The van der Waals surface area contributed by atoms with Crippen molar-refractivity contribution in [3.8, 4) is 11.3 Å². The lowest BCUT2D eigenvalue weighted by Crippen LogP contribution is -1.99. The average molecular weight is 302 g/mol. The van der Waals surface area contributed by atoms with Crippen molar-refractivity contribution < 1.29 is 0 Å². The Kier molecular flexibility index (Phi) is 3.15. The third-order valence-corrected chi connectivity index (χ3v) is 5.09. The molecule has 2 heterocycles. The molecule has 0 bridgehead atoms. The summed E-state index contributed by atoms with van der Waals surface area (Å²) in [4.78, 5) is 4.81. The van der Waals surface area contributed by atoms with Gasteiger partial charge >= 0.3 is 0 Å². The van der Waals surface area contributed by atoms with Gasteiger partial charge in [0, 0.05) is 28.9 Å². The van der Waals surface area contributed by atoms with Crippen LogP contribution in [0.4, 0.5) is 0 Å². The molecule has 1 aliphatic rings. The van der Waals surface area contributed by atoms with E-state index in [0.717, 1.165) is 11.3 Å². The lowest BCUT2D eigenvalue weighted by atomic mass is 10.0. The van der Waals surface area contributed by atoms with E-state index in [1.165, 1.54) is 46.1 Å². The molecule has 116 valence electrons. The normalized spacial score (nSPS) is 14.4. The highest BCUT2D eigenvalue weighted by atomic mass is 15.1. The van der Waals surface area contributed by atoms with Crippen molar-refractivity contribution >= 4 is 17.0 Å². The summed E-state index contributed by atoms with van der Waals surface area (Å²) >= 11 is 0. The molecule has 0 spiro atoms. The highest BCUT2D eigenvalue weighted by molar-refractivity contribution is 5.97. The first kappa shape index (κ1) is 14.3. The maximum absolute atomic E-state index is 4.81. The van der Waals surface area contributed by atoms with E-state index in [0.29, 0.717) is 6.04 Å². The summed E-state index contributed by atoms with van der Waals surface area (Å²) in [5, 5.41) is 1.38. The fraction of sp³-hybridized carbons (Fsp3) is 0.286. The van der Waals surface area contributed by atoms with Gasteiger partial charge in [-0.3, -0.25) is 4.98 Å². The van der Waals surface area contributed by atoms with Crippen LogP contribution < -0.4 is 0 Å². The number of hydrogen-bond acceptors (Lipinski definition) is 1. The predicted octanol–water partition coefficient (Wildman–Crippen LogP) is 5.61. The molecule has 0 saturated heterocycles. The number of hydrogen-bond donors (Lipinski definition) is 0. The molecule has 0 radical (unpaired) electrons. The van der Waals surface area contributed by atoms with Crippen LogP contribution in [0.2, 0.25) is 0 Å². The van der Waals surface area contributed by atoms with Gasteiger partial charge in [0.25, 0.3) is 0 Å². The van der Waals surface area contributed by atoms with Crippen molar-refractivity contribution in [2.75, 3.05) is 0 Å². The van der Waals surface area contributed by atoms with Crippen LogP contribution in [-0.2, 0) is 0 Å². The smallest absolute Gasteiger partial charge is 0.0945 e. The number of rotatable bonds is 3. The molecule has 0 amide bonds. The minimum Gasteiger partial charge on any atom is -0.340 e. The van der Waals surface area contributed by atoms with Gasteiger partial charge in [-0.2, -0.15) is 0 Å². The number of nitrogens with zero attached hydrogens (tertiary/aromatic N) is 2. The summed E-state index contributed by atoms with van der Waals surface area (Å²) in [6.45, 7) is 10.5. The van der Waals surface area contributed by atoms with Crippen molar-refractivity contribution in [2.45, 2.75) is 39.7 Å². The third-order valence-electron chi connectivity index (χ3n) is 5.09. The number of aromatic nitrogens is 2. The molecule has 0 unspecified atom stereocenters. The zero-order valence-electron chi connectivity index (χ0n) is 14.1. The first-order valence-electron chi connectivity index (χ1n) is 8.31. The zero-order valence-corrected chi connectivity index (χ0v) is 14.1. The lowest BCUT2D eigenvalue weighted by Gasteiger charge is -2.11. The molecule has 1 aromatic carbocycles. The monoisotopic (exact) mass is 302 g/mol. The van der Waals surface area contributed by atoms with Gasteiger partial charge in [-0.15, -0.1) is 0 Å². The molecule has 2 heteroatoms. The van der Waals surface area contributed by atoms with Gasteiger partial charge in [0.1, 0.15) is 0 Å². The van der Waals surface area contributed by atoms with Crippen LogP contribution >= 0.6 is 0 Å². The van der Waals surface area contributed by atoms with Crippen LogP contribution in [0, 0.1) is 20.8 Å². The summed E-state index contributed by atoms with van der Waals surface area (Å²) in [5.74, 6) is 0. The third kappa shape index (κ3) is 2.13. The van der Waals surface area contributed by atoms with Gasteiger partial charge < -0.3 is 4.57 Å². The summed E-state index contributed by atoms with van der Waals surface area (Å²) in [5.41, 5.74) is 8.80. The molecule has 1 aliphatic carbocycles. The van der Waals surface area contributed by atoms with Gasteiger partial charge in [0.05, 0.1) is 11.2 Å². The van der Waals surface area contributed by atoms with Crippen molar-refractivity contribution in [2.24, 2.45) is 0 Å². The zero-order chi connectivity index (χ0) is 16.1. The minimum absolute atomic E-state index is 0.654. The van der Waals surface area contributed by atoms with Crippen molar-refractivity contribution in [1.29, 1.82) is 0 Å². The van der Waals surface area contributed by atoms with E-state index in [1.807, 2.05) is 12.3 Å². The molecule has 2 aromatic heterocycles. The Morgan fingerprint density at radius 3 is 2.43 bits per heavy atom. The Hall–Kier alpha value is -2.35. The molecule has 1 fully saturated rings. The van der Waals surface area contributed by atoms with Crippen molar-refractivity contribution in [3.63, 3.8) is 0 Å². The van der Waals surface area contributed by atoms with Gasteiger partial charge in [-0.1, -0.05) is 36.9 Å². The molecular formula is C21H22N2. The SMILES string of the molecule is C=Cc1ccc(-c2ncc(C)c3c(C)c(C)n(C4CC4)c23)cc1. The largest absolute Gasteiger partial charge is 0.340 e. The quantitative estimate of drug-likeness (QED) is 0.615. The molecular weight excluding hydrogens is 280 g/mol. The molecule has 23 heavy (non-hydrogen) atoms. The van der Waals surface area contributed by atoms with Crippen LogP contribution in [0.5, 0.6) is 0 Å². The lowest BCUT2D eigenvalue weighted by molar-refractivity contribution is 0.745. The topological polar surface area (TPSA) is 17.8 Å². The van der Waals surface area contributed by atoms with Gasteiger partial charge in [-0.25, -0.2) is 0 Å². The van der Waals surface area contributed by atoms with Crippen LogP contribution in [-0.4, -0.2) is 9.55 Å².